The van der Waals surface area contributed by atoms with E-state index < -0.39 is 40.7 Å². The van der Waals surface area contributed by atoms with Crippen LogP contribution in [0, 0.1) is 22.7 Å². The SMILES string of the molecule is CC(C)C[C@@H](C(N)=O)N([C@H](C(F)(F)F)C1(C(C)(C)O)C=CC(c2ccccc2)C=C1)C1(C#N)CC1. The first-order valence-corrected chi connectivity index (χ1v) is 11.9. The van der Waals surface area contributed by atoms with E-state index in [4.69, 9.17) is 5.73 Å². The molecule has 35 heavy (non-hydrogen) atoms. The van der Waals surface area contributed by atoms with Crippen molar-refractivity contribution in [2.45, 2.75) is 82.3 Å². The molecule has 190 valence electrons. The molecule has 1 aromatic rings. The number of nitrogens with two attached hydrogens (primary N) is 1. The molecule has 1 amide bonds. The van der Waals surface area contributed by atoms with E-state index in [9.17, 15) is 15.2 Å². The summed E-state index contributed by atoms with van der Waals surface area (Å²) in [7, 11) is 0. The van der Waals surface area contributed by atoms with E-state index in [1.165, 1.54) is 26.0 Å². The Morgan fingerprint density at radius 1 is 1.20 bits per heavy atom. The van der Waals surface area contributed by atoms with Gasteiger partial charge in [0.1, 0.15) is 11.6 Å². The molecule has 2 atom stereocenters. The van der Waals surface area contributed by atoms with Gasteiger partial charge in [0.05, 0.1) is 23.1 Å². The summed E-state index contributed by atoms with van der Waals surface area (Å²) < 4.78 is 45.4. The molecule has 3 rings (SSSR count). The van der Waals surface area contributed by atoms with Gasteiger partial charge in [-0.05, 0) is 44.6 Å². The zero-order chi connectivity index (χ0) is 26.2. The van der Waals surface area contributed by atoms with Crippen LogP contribution in [-0.2, 0) is 4.79 Å². The van der Waals surface area contributed by atoms with E-state index in [-0.39, 0.29) is 31.1 Å². The number of alkyl halides is 3. The Bertz CT molecular complexity index is 1000. The second-order valence-corrected chi connectivity index (χ2v) is 10.7. The number of nitriles is 1. The second-order valence-electron chi connectivity index (χ2n) is 10.7. The van der Waals surface area contributed by atoms with Crippen LogP contribution in [0.4, 0.5) is 13.2 Å². The summed E-state index contributed by atoms with van der Waals surface area (Å²) in [5, 5.41) is 21.2. The maximum Gasteiger partial charge on any atom is 0.405 e. The lowest BCUT2D eigenvalue weighted by Gasteiger charge is -2.53. The predicted octanol–water partition coefficient (Wildman–Crippen LogP) is 4.84. The highest BCUT2D eigenvalue weighted by molar-refractivity contribution is 5.80. The Morgan fingerprint density at radius 2 is 1.74 bits per heavy atom. The number of amides is 1. The summed E-state index contributed by atoms with van der Waals surface area (Å²) in [6, 6.07) is 7.69. The number of benzene rings is 1. The minimum atomic E-state index is -4.88. The molecular formula is C27H34F3N3O2. The number of primary amides is 1. The van der Waals surface area contributed by atoms with Crippen LogP contribution >= 0.6 is 0 Å². The first kappa shape index (κ1) is 27.0. The number of carbonyl (C=O) groups excluding carboxylic acids is 1. The maximum absolute atomic E-state index is 15.1. The van der Waals surface area contributed by atoms with Gasteiger partial charge in [0, 0.05) is 5.92 Å². The Hall–Kier alpha value is -2.63. The average Bonchev–Trinajstić information content (AvgIpc) is 3.56. The van der Waals surface area contributed by atoms with E-state index in [0.29, 0.717) is 0 Å². The summed E-state index contributed by atoms with van der Waals surface area (Å²) in [6.45, 7) is 6.24. The third kappa shape index (κ3) is 5.17. The Morgan fingerprint density at radius 3 is 2.11 bits per heavy atom. The fraction of sp³-hybridized carbons (Fsp3) is 0.556. The molecule has 2 aliphatic carbocycles. The summed E-state index contributed by atoms with van der Waals surface area (Å²) in [5.74, 6) is -1.33. The van der Waals surface area contributed by atoms with Crippen molar-refractivity contribution in [1.82, 2.24) is 4.90 Å². The van der Waals surface area contributed by atoms with Crippen LogP contribution in [0.25, 0.3) is 0 Å². The van der Waals surface area contributed by atoms with E-state index >= 15 is 13.2 Å². The predicted molar refractivity (Wildman–Crippen MR) is 128 cm³/mol. The molecule has 0 radical (unpaired) electrons. The lowest BCUT2D eigenvalue weighted by Crippen LogP contribution is -2.68. The van der Waals surface area contributed by atoms with Gasteiger partial charge >= 0.3 is 6.18 Å². The molecule has 1 fully saturated rings. The van der Waals surface area contributed by atoms with Crippen LogP contribution in [0.3, 0.4) is 0 Å². The molecular weight excluding hydrogens is 455 g/mol. The number of hydrogen-bond acceptors (Lipinski definition) is 4. The van der Waals surface area contributed by atoms with Crippen molar-refractivity contribution in [2.75, 3.05) is 0 Å². The molecule has 0 aromatic heterocycles. The molecule has 0 bridgehead atoms. The molecule has 1 saturated carbocycles. The zero-order valence-electron chi connectivity index (χ0n) is 20.6. The molecule has 2 aliphatic rings. The number of nitrogens with zero attached hydrogens (tertiary/aromatic N) is 2. The van der Waals surface area contributed by atoms with Gasteiger partial charge in [-0.2, -0.15) is 18.4 Å². The lowest BCUT2D eigenvalue weighted by atomic mass is 9.63. The first-order valence-electron chi connectivity index (χ1n) is 11.9. The number of aliphatic hydroxyl groups is 1. The number of allylic oxidation sites excluding steroid dienone is 2. The molecule has 5 nitrogen and oxygen atoms in total. The maximum atomic E-state index is 15.1. The van der Waals surface area contributed by atoms with Gasteiger partial charge in [-0.25, -0.2) is 0 Å². The van der Waals surface area contributed by atoms with Crippen LogP contribution < -0.4 is 5.73 Å². The number of rotatable bonds is 9. The van der Waals surface area contributed by atoms with E-state index in [0.717, 1.165) is 10.5 Å². The van der Waals surface area contributed by atoms with Crippen LogP contribution in [0.15, 0.2) is 54.6 Å². The molecule has 3 N–H and O–H groups in total. The van der Waals surface area contributed by atoms with Gasteiger partial charge in [-0.1, -0.05) is 68.5 Å². The summed E-state index contributed by atoms with van der Waals surface area (Å²) >= 11 is 0. The quantitative estimate of drug-likeness (QED) is 0.486. The highest BCUT2D eigenvalue weighted by Gasteiger charge is 2.67. The molecule has 1 aromatic carbocycles. The van der Waals surface area contributed by atoms with Gasteiger partial charge in [0.2, 0.25) is 5.91 Å². The largest absolute Gasteiger partial charge is 0.405 e. The minimum Gasteiger partial charge on any atom is -0.389 e. The lowest BCUT2D eigenvalue weighted by molar-refractivity contribution is -0.236. The Balaban J connectivity index is 2.22. The number of hydrogen-bond donors (Lipinski definition) is 2. The fourth-order valence-electron chi connectivity index (χ4n) is 5.21. The molecule has 0 aliphatic heterocycles. The van der Waals surface area contributed by atoms with Crippen molar-refractivity contribution >= 4 is 5.91 Å². The normalized spacial score (nSPS) is 25.3. The van der Waals surface area contributed by atoms with Crippen LogP contribution in [-0.4, -0.2) is 45.3 Å². The summed E-state index contributed by atoms with van der Waals surface area (Å²) in [4.78, 5) is 13.6. The van der Waals surface area contributed by atoms with Gasteiger partial charge in [0.15, 0.2) is 0 Å². The third-order valence-corrected chi connectivity index (χ3v) is 7.23. The monoisotopic (exact) mass is 489 g/mol. The van der Waals surface area contributed by atoms with Crippen molar-refractivity contribution < 1.29 is 23.1 Å². The van der Waals surface area contributed by atoms with Gasteiger partial charge in [-0.3, -0.25) is 9.69 Å². The zero-order valence-corrected chi connectivity index (χ0v) is 20.6. The average molecular weight is 490 g/mol. The topological polar surface area (TPSA) is 90.3 Å². The Kier molecular flexibility index (Phi) is 7.27. The van der Waals surface area contributed by atoms with Gasteiger partial charge < -0.3 is 10.8 Å². The van der Waals surface area contributed by atoms with Crippen molar-refractivity contribution in [3.05, 3.63) is 60.2 Å². The highest BCUT2D eigenvalue weighted by Crippen LogP contribution is 2.55. The molecule has 8 heteroatoms. The van der Waals surface area contributed by atoms with Crippen molar-refractivity contribution in [2.24, 2.45) is 17.1 Å². The van der Waals surface area contributed by atoms with Crippen molar-refractivity contribution in [3.63, 3.8) is 0 Å². The van der Waals surface area contributed by atoms with Crippen LogP contribution in [0.5, 0.6) is 0 Å². The van der Waals surface area contributed by atoms with Gasteiger partial charge in [0.25, 0.3) is 0 Å². The summed E-state index contributed by atoms with van der Waals surface area (Å²) in [6.07, 6.45) is 1.67. The number of carbonyl (C=O) groups is 1. The third-order valence-electron chi connectivity index (χ3n) is 7.23. The first-order chi connectivity index (χ1) is 16.2. The smallest absolute Gasteiger partial charge is 0.389 e. The molecule has 0 unspecified atom stereocenters. The highest BCUT2D eigenvalue weighted by atomic mass is 19.4. The van der Waals surface area contributed by atoms with Crippen LogP contribution in [0.1, 0.15) is 58.4 Å². The van der Waals surface area contributed by atoms with E-state index in [2.05, 4.69) is 0 Å². The standard InChI is InChI=1S/C27H34F3N3O2/c1-18(2)16-21(22(32)34)33(25(17-31)14-15-25)23(27(28,29)30)26(24(3,4)35)12-10-20(11-13-26)19-8-6-5-7-9-19/h5-13,18,20-21,23,35H,14-16H2,1-4H3,(H2,32,34)/t20?,21-,23-,26?/m0/s1. The van der Waals surface area contributed by atoms with Gasteiger partial charge in [-0.15, -0.1) is 0 Å². The fourth-order valence-corrected chi connectivity index (χ4v) is 5.21. The minimum absolute atomic E-state index is 0.0628. The molecule has 0 spiro atoms. The van der Waals surface area contributed by atoms with Crippen molar-refractivity contribution in [3.8, 4) is 6.07 Å². The summed E-state index contributed by atoms with van der Waals surface area (Å²) in [5.41, 5.74) is 1.24. The second kappa shape index (κ2) is 9.44. The van der Waals surface area contributed by atoms with Crippen LogP contribution in [0.2, 0.25) is 0 Å². The van der Waals surface area contributed by atoms with E-state index in [1.807, 2.05) is 36.4 Å². The van der Waals surface area contributed by atoms with Crippen molar-refractivity contribution in [1.29, 1.82) is 5.26 Å². The molecule has 0 saturated heterocycles. The number of halogens is 3. The Labute approximate surface area is 205 Å². The van der Waals surface area contributed by atoms with E-state index in [1.54, 1.807) is 26.0 Å². The molecule has 0 heterocycles.